The largest absolute Gasteiger partial charge is 0.497 e. The van der Waals surface area contributed by atoms with Crippen LogP contribution in [0.1, 0.15) is 29.6 Å². The number of aliphatic hydroxyl groups excluding tert-OH is 1. The van der Waals surface area contributed by atoms with Gasteiger partial charge in [0.05, 0.1) is 20.3 Å². The van der Waals surface area contributed by atoms with Crippen LogP contribution in [0.3, 0.4) is 0 Å². The van der Waals surface area contributed by atoms with Crippen LogP contribution in [-0.2, 0) is 0 Å². The lowest BCUT2D eigenvalue weighted by Crippen LogP contribution is -2.28. The normalized spacial score (nSPS) is 21.6. The summed E-state index contributed by atoms with van der Waals surface area (Å²) in [5.74, 6) is 1.39. The average Bonchev–Trinajstić information content (AvgIpc) is 2.89. The molecule has 1 aliphatic rings. The summed E-state index contributed by atoms with van der Waals surface area (Å²) in [5.41, 5.74) is 0.514. The zero-order chi connectivity index (χ0) is 14.5. The van der Waals surface area contributed by atoms with Crippen LogP contribution in [-0.4, -0.2) is 37.9 Å². The van der Waals surface area contributed by atoms with Gasteiger partial charge in [0.15, 0.2) is 0 Å². The van der Waals surface area contributed by atoms with E-state index in [1.54, 1.807) is 32.4 Å². The zero-order valence-electron chi connectivity index (χ0n) is 11.9. The number of nitrogens with one attached hydrogen (secondary N) is 1. The van der Waals surface area contributed by atoms with E-state index in [9.17, 15) is 9.90 Å². The second-order valence-electron chi connectivity index (χ2n) is 5.14. The Morgan fingerprint density at radius 1 is 1.25 bits per heavy atom. The third kappa shape index (κ3) is 3.63. The third-order valence-electron chi connectivity index (χ3n) is 3.68. The number of carbonyl (C=O) groups excluding carboxylic acids is 1. The molecule has 0 spiro atoms. The van der Waals surface area contributed by atoms with E-state index in [4.69, 9.17) is 9.47 Å². The SMILES string of the molecule is COc1cc(OC)cc(C(=O)NCC2CCC(O)C2)c1. The molecule has 0 heterocycles. The van der Waals surface area contributed by atoms with Crippen molar-refractivity contribution in [2.75, 3.05) is 20.8 Å². The standard InChI is InChI=1S/C15H21NO4/c1-19-13-6-11(7-14(8-13)20-2)15(18)16-9-10-3-4-12(17)5-10/h6-8,10,12,17H,3-5,9H2,1-2H3,(H,16,18). The van der Waals surface area contributed by atoms with Crippen molar-refractivity contribution in [2.45, 2.75) is 25.4 Å². The Morgan fingerprint density at radius 3 is 2.40 bits per heavy atom. The third-order valence-corrected chi connectivity index (χ3v) is 3.68. The van der Waals surface area contributed by atoms with Crippen molar-refractivity contribution in [1.29, 1.82) is 0 Å². The van der Waals surface area contributed by atoms with Gasteiger partial charge in [-0.2, -0.15) is 0 Å². The predicted molar refractivity (Wildman–Crippen MR) is 75.2 cm³/mol. The van der Waals surface area contributed by atoms with Gasteiger partial charge in [-0.3, -0.25) is 4.79 Å². The van der Waals surface area contributed by atoms with Crippen molar-refractivity contribution in [3.8, 4) is 11.5 Å². The maximum atomic E-state index is 12.1. The first kappa shape index (κ1) is 14.7. The van der Waals surface area contributed by atoms with Crippen LogP contribution in [0.5, 0.6) is 11.5 Å². The van der Waals surface area contributed by atoms with Crippen LogP contribution in [0.15, 0.2) is 18.2 Å². The number of hydrogen-bond donors (Lipinski definition) is 2. The molecule has 0 aromatic heterocycles. The van der Waals surface area contributed by atoms with Gasteiger partial charge in [-0.05, 0) is 37.3 Å². The Bertz CT molecular complexity index is 453. The van der Waals surface area contributed by atoms with Gasteiger partial charge >= 0.3 is 0 Å². The first-order valence-corrected chi connectivity index (χ1v) is 6.81. The summed E-state index contributed by atoms with van der Waals surface area (Å²) in [6.45, 7) is 0.593. The molecule has 1 fully saturated rings. The first-order chi connectivity index (χ1) is 9.62. The molecule has 1 aromatic carbocycles. The van der Waals surface area contributed by atoms with Crippen LogP contribution in [0, 0.1) is 5.92 Å². The van der Waals surface area contributed by atoms with E-state index < -0.39 is 0 Å². The van der Waals surface area contributed by atoms with Crippen LogP contribution in [0.2, 0.25) is 0 Å². The zero-order valence-corrected chi connectivity index (χ0v) is 11.9. The van der Waals surface area contributed by atoms with Crippen molar-refractivity contribution < 1.29 is 19.4 Å². The van der Waals surface area contributed by atoms with Gasteiger partial charge in [-0.15, -0.1) is 0 Å². The van der Waals surface area contributed by atoms with E-state index in [0.717, 1.165) is 19.3 Å². The van der Waals surface area contributed by atoms with Crippen LogP contribution in [0.4, 0.5) is 0 Å². The molecular formula is C15H21NO4. The second-order valence-corrected chi connectivity index (χ2v) is 5.14. The van der Waals surface area contributed by atoms with Gasteiger partial charge in [0.1, 0.15) is 11.5 Å². The maximum absolute atomic E-state index is 12.1. The summed E-state index contributed by atoms with van der Waals surface area (Å²) in [7, 11) is 3.10. The van der Waals surface area contributed by atoms with Crippen molar-refractivity contribution in [2.24, 2.45) is 5.92 Å². The van der Waals surface area contributed by atoms with Crippen LogP contribution < -0.4 is 14.8 Å². The van der Waals surface area contributed by atoms with Crippen molar-refractivity contribution in [1.82, 2.24) is 5.32 Å². The first-order valence-electron chi connectivity index (χ1n) is 6.81. The molecule has 2 atom stereocenters. The van der Waals surface area contributed by atoms with E-state index >= 15 is 0 Å². The summed E-state index contributed by atoms with van der Waals surface area (Å²) >= 11 is 0. The number of amides is 1. The number of methoxy groups -OCH3 is 2. The van der Waals surface area contributed by atoms with Crippen molar-refractivity contribution >= 4 is 5.91 Å². The minimum atomic E-state index is -0.214. The maximum Gasteiger partial charge on any atom is 0.251 e. The molecular weight excluding hydrogens is 258 g/mol. The molecule has 1 aliphatic carbocycles. The Hall–Kier alpha value is -1.75. The second kappa shape index (κ2) is 6.61. The Balaban J connectivity index is 1.97. The van der Waals surface area contributed by atoms with Crippen LogP contribution >= 0.6 is 0 Å². The van der Waals surface area contributed by atoms with Crippen LogP contribution in [0.25, 0.3) is 0 Å². The van der Waals surface area contributed by atoms with Gasteiger partial charge in [-0.25, -0.2) is 0 Å². The summed E-state index contributed by atoms with van der Waals surface area (Å²) < 4.78 is 10.3. The molecule has 20 heavy (non-hydrogen) atoms. The van der Waals surface area contributed by atoms with E-state index in [1.807, 2.05) is 0 Å². The highest BCUT2D eigenvalue weighted by atomic mass is 16.5. The minimum absolute atomic E-state index is 0.149. The van der Waals surface area contributed by atoms with E-state index in [2.05, 4.69) is 5.32 Å². The number of benzene rings is 1. The summed E-state index contributed by atoms with van der Waals surface area (Å²) in [5, 5.41) is 12.4. The molecule has 5 heteroatoms. The molecule has 5 nitrogen and oxygen atoms in total. The van der Waals surface area contributed by atoms with Gasteiger partial charge in [-0.1, -0.05) is 0 Å². The lowest BCUT2D eigenvalue weighted by Gasteiger charge is -2.12. The molecule has 110 valence electrons. The molecule has 0 saturated heterocycles. The fraction of sp³-hybridized carbons (Fsp3) is 0.533. The molecule has 0 bridgehead atoms. The molecule has 2 N–H and O–H groups in total. The van der Waals surface area contributed by atoms with Crippen molar-refractivity contribution in [3.63, 3.8) is 0 Å². The number of rotatable bonds is 5. The highest BCUT2D eigenvalue weighted by Crippen LogP contribution is 2.25. The Morgan fingerprint density at radius 2 is 1.90 bits per heavy atom. The summed E-state index contributed by atoms with van der Waals surface area (Å²) in [6, 6.07) is 5.09. The lowest BCUT2D eigenvalue weighted by molar-refractivity contribution is 0.0944. The molecule has 0 radical (unpaired) electrons. The smallest absolute Gasteiger partial charge is 0.251 e. The highest BCUT2D eigenvalue weighted by molar-refractivity contribution is 5.95. The monoisotopic (exact) mass is 279 g/mol. The number of ether oxygens (including phenoxy) is 2. The Labute approximate surface area is 118 Å². The number of aliphatic hydroxyl groups is 1. The van der Waals surface area contributed by atoms with Crippen molar-refractivity contribution in [3.05, 3.63) is 23.8 Å². The molecule has 1 amide bonds. The van der Waals surface area contributed by atoms with Gasteiger partial charge in [0.25, 0.3) is 5.91 Å². The van der Waals surface area contributed by atoms with E-state index in [-0.39, 0.29) is 12.0 Å². The molecule has 2 unspecified atom stereocenters. The number of carbonyl (C=O) groups is 1. The molecule has 1 saturated carbocycles. The molecule has 1 aromatic rings. The van der Waals surface area contributed by atoms with Gasteiger partial charge in [0.2, 0.25) is 0 Å². The predicted octanol–water partition coefficient (Wildman–Crippen LogP) is 1.59. The summed E-state index contributed by atoms with van der Waals surface area (Å²) in [6.07, 6.45) is 2.34. The molecule has 0 aliphatic heterocycles. The van der Waals surface area contributed by atoms with Gasteiger partial charge in [0, 0.05) is 18.2 Å². The quantitative estimate of drug-likeness (QED) is 0.859. The van der Waals surface area contributed by atoms with Gasteiger partial charge < -0.3 is 19.9 Å². The molecule has 2 rings (SSSR count). The van der Waals surface area contributed by atoms with E-state index in [1.165, 1.54) is 0 Å². The Kier molecular flexibility index (Phi) is 4.84. The number of hydrogen-bond acceptors (Lipinski definition) is 4. The van der Waals surface area contributed by atoms with E-state index in [0.29, 0.717) is 29.5 Å². The topological polar surface area (TPSA) is 67.8 Å². The highest BCUT2D eigenvalue weighted by Gasteiger charge is 2.23. The fourth-order valence-electron chi connectivity index (χ4n) is 2.51. The fourth-order valence-corrected chi connectivity index (χ4v) is 2.51. The minimum Gasteiger partial charge on any atom is -0.497 e. The average molecular weight is 279 g/mol. The lowest BCUT2D eigenvalue weighted by atomic mass is 10.1. The summed E-state index contributed by atoms with van der Waals surface area (Å²) in [4.78, 5) is 12.1.